The Hall–Kier alpha value is -3.01. The van der Waals surface area contributed by atoms with Gasteiger partial charge in [-0.1, -0.05) is 42.5 Å². The van der Waals surface area contributed by atoms with E-state index in [1.165, 1.54) is 0 Å². The van der Waals surface area contributed by atoms with E-state index in [9.17, 15) is 0 Å². The van der Waals surface area contributed by atoms with Crippen LogP contribution < -0.4 is 14.2 Å². The third-order valence-corrected chi connectivity index (χ3v) is 3.68. The Kier molecular flexibility index (Phi) is 4.96. The highest BCUT2D eigenvalue weighted by Gasteiger charge is 2.09. The maximum absolute atomic E-state index is 5.81. The number of methoxy groups -OCH3 is 2. The number of rotatable bonds is 6. The Morgan fingerprint density at radius 1 is 0.875 bits per heavy atom. The maximum Gasteiger partial charge on any atom is 0.216 e. The largest absolute Gasteiger partial charge is 0.496 e. The summed E-state index contributed by atoms with van der Waals surface area (Å²) in [6.45, 7) is 0.549. The molecule has 0 spiro atoms. The fourth-order valence-electron chi connectivity index (χ4n) is 2.39. The van der Waals surface area contributed by atoms with Gasteiger partial charge in [0.1, 0.15) is 18.1 Å². The second-order valence-electron chi connectivity index (χ2n) is 5.23. The lowest BCUT2D eigenvalue weighted by molar-refractivity contribution is 0.306. The number of benzene rings is 2. The molecule has 3 aromatic rings. The fraction of sp³-hybridized carbons (Fsp3) is 0.150. The Morgan fingerprint density at radius 3 is 2.29 bits per heavy atom. The van der Waals surface area contributed by atoms with Crippen molar-refractivity contribution in [3.63, 3.8) is 0 Å². The summed E-state index contributed by atoms with van der Waals surface area (Å²) < 4.78 is 16.4. The standard InChI is InChI=1S/C20H19NO3/c1-22-19-12-20(23-2)21-13-18(19)16-8-10-17(11-9-16)24-14-15-6-4-3-5-7-15/h3-13H,14H2,1-2H3. The molecule has 3 rings (SSSR count). The Balaban J connectivity index is 1.75. The van der Waals surface area contributed by atoms with Gasteiger partial charge in [-0.15, -0.1) is 0 Å². The van der Waals surface area contributed by atoms with Gasteiger partial charge in [-0.25, -0.2) is 4.98 Å². The van der Waals surface area contributed by atoms with E-state index in [0.29, 0.717) is 12.5 Å². The molecule has 2 aromatic carbocycles. The van der Waals surface area contributed by atoms with E-state index in [-0.39, 0.29) is 0 Å². The van der Waals surface area contributed by atoms with Crippen LogP contribution in [0.1, 0.15) is 5.56 Å². The molecule has 0 bridgehead atoms. The highest BCUT2D eigenvalue weighted by Crippen LogP contribution is 2.32. The smallest absolute Gasteiger partial charge is 0.216 e. The number of ether oxygens (including phenoxy) is 3. The molecule has 0 N–H and O–H groups in total. The van der Waals surface area contributed by atoms with E-state index in [1.54, 1.807) is 26.5 Å². The van der Waals surface area contributed by atoms with Gasteiger partial charge in [-0.3, -0.25) is 0 Å². The summed E-state index contributed by atoms with van der Waals surface area (Å²) >= 11 is 0. The second-order valence-corrected chi connectivity index (χ2v) is 5.23. The number of nitrogens with zero attached hydrogens (tertiary/aromatic N) is 1. The minimum absolute atomic E-state index is 0.526. The SMILES string of the molecule is COc1cc(OC)c(-c2ccc(OCc3ccccc3)cc2)cn1. The summed E-state index contributed by atoms with van der Waals surface area (Å²) in [7, 11) is 3.22. The Labute approximate surface area is 141 Å². The van der Waals surface area contributed by atoms with Gasteiger partial charge in [-0.05, 0) is 23.3 Å². The Bertz CT molecular complexity index is 786. The van der Waals surface area contributed by atoms with Crippen molar-refractivity contribution < 1.29 is 14.2 Å². The first-order valence-electron chi connectivity index (χ1n) is 7.65. The van der Waals surface area contributed by atoms with E-state index in [1.807, 2.05) is 54.6 Å². The first-order chi connectivity index (χ1) is 11.8. The van der Waals surface area contributed by atoms with Crippen LogP contribution in [0.3, 0.4) is 0 Å². The van der Waals surface area contributed by atoms with Crippen molar-refractivity contribution in [1.29, 1.82) is 0 Å². The van der Waals surface area contributed by atoms with Gasteiger partial charge >= 0.3 is 0 Å². The molecule has 0 saturated heterocycles. The highest BCUT2D eigenvalue weighted by molar-refractivity contribution is 5.70. The van der Waals surface area contributed by atoms with Crippen LogP contribution in [0, 0.1) is 0 Å². The monoisotopic (exact) mass is 321 g/mol. The van der Waals surface area contributed by atoms with E-state index in [2.05, 4.69) is 4.98 Å². The number of pyridine rings is 1. The van der Waals surface area contributed by atoms with Crippen LogP contribution in [0.25, 0.3) is 11.1 Å². The number of hydrogen-bond donors (Lipinski definition) is 0. The van der Waals surface area contributed by atoms with Gasteiger partial charge < -0.3 is 14.2 Å². The minimum atomic E-state index is 0.526. The third-order valence-electron chi connectivity index (χ3n) is 3.68. The summed E-state index contributed by atoms with van der Waals surface area (Å²) in [6, 6.07) is 19.7. The molecule has 1 aromatic heterocycles. The summed E-state index contributed by atoms with van der Waals surface area (Å²) in [4.78, 5) is 4.25. The van der Waals surface area contributed by atoms with Gasteiger partial charge in [0.2, 0.25) is 5.88 Å². The van der Waals surface area contributed by atoms with Crippen molar-refractivity contribution in [2.45, 2.75) is 6.61 Å². The minimum Gasteiger partial charge on any atom is -0.496 e. The molecule has 122 valence electrons. The van der Waals surface area contributed by atoms with Crippen LogP contribution in [0.15, 0.2) is 66.9 Å². The highest BCUT2D eigenvalue weighted by atomic mass is 16.5. The van der Waals surface area contributed by atoms with Crippen molar-refractivity contribution in [3.8, 4) is 28.5 Å². The molecule has 4 nitrogen and oxygen atoms in total. The first kappa shape index (κ1) is 15.9. The van der Waals surface area contributed by atoms with Crippen LogP contribution in [-0.4, -0.2) is 19.2 Å². The van der Waals surface area contributed by atoms with Gasteiger partial charge in [0.25, 0.3) is 0 Å². The van der Waals surface area contributed by atoms with Crippen molar-refractivity contribution in [1.82, 2.24) is 4.98 Å². The molecule has 0 unspecified atom stereocenters. The van der Waals surface area contributed by atoms with Gasteiger partial charge in [0.05, 0.1) is 14.2 Å². The van der Waals surface area contributed by atoms with Crippen LogP contribution in [-0.2, 0) is 6.61 Å². The quantitative estimate of drug-likeness (QED) is 0.677. The lowest BCUT2D eigenvalue weighted by Gasteiger charge is -2.11. The van der Waals surface area contributed by atoms with E-state index >= 15 is 0 Å². The van der Waals surface area contributed by atoms with E-state index in [4.69, 9.17) is 14.2 Å². The molecule has 24 heavy (non-hydrogen) atoms. The molecule has 0 aliphatic carbocycles. The zero-order valence-electron chi connectivity index (χ0n) is 13.7. The number of aromatic nitrogens is 1. The van der Waals surface area contributed by atoms with Crippen LogP contribution in [0.4, 0.5) is 0 Å². The molecule has 0 atom stereocenters. The third kappa shape index (κ3) is 3.66. The molecule has 0 amide bonds. The second kappa shape index (κ2) is 7.51. The summed E-state index contributed by atoms with van der Waals surface area (Å²) in [6.07, 6.45) is 1.75. The Morgan fingerprint density at radius 2 is 1.62 bits per heavy atom. The molecule has 1 heterocycles. The first-order valence-corrected chi connectivity index (χ1v) is 7.65. The maximum atomic E-state index is 5.81. The summed E-state index contributed by atoms with van der Waals surface area (Å²) in [5.74, 6) is 2.07. The average molecular weight is 321 g/mol. The lowest BCUT2D eigenvalue weighted by atomic mass is 10.1. The topological polar surface area (TPSA) is 40.6 Å². The van der Waals surface area contributed by atoms with Crippen molar-refractivity contribution >= 4 is 0 Å². The molecule has 0 aliphatic rings. The van der Waals surface area contributed by atoms with E-state index in [0.717, 1.165) is 28.2 Å². The van der Waals surface area contributed by atoms with Crippen molar-refractivity contribution in [2.75, 3.05) is 14.2 Å². The average Bonchev–Trinajstić information content (AvgIpc) is 2.67. The van der Waals surface area contributed by atoms with Crippen LogP contribution in [0.5, 0.6) is 17.4 Å². The summed E-state index contributed by atoms with van der Waals surface area (Å²) in [5, 5.41) is 0. The summed E-state index contributed by atoms with van der Waals surface area (Å²) in [5.41, 5.74) is 3.06. The molecule has 0 aliphatic heterocycles. The van der Waals surface area contributed by atoms with E-state index < -0.39 is 0 Å². The van der Waals surface area contributed by atoms with Crippen molar-refractivity contribution in [3.05, 3.63) is 72.4 Å². The van der Waals surface area contributed by atoms with Gasteiger partial charge in [0.15, 0.2) is 0 Å². The molecular formula is C20H19NO3. The molecular weight excluding hydrogens is 302 g/mol. The van der Waals surface area contributed by atoms with Gasteiger partial charge in [-0.2, -0.15) is 0 Å². The lowest BCUT2D eigenvalue weighted by Crippen LogP contribution is -1.95. The zero-order chi connectivity index (χ0) is 16.8. The van der Waals surface area contributed by atoms with Crippen molar-refractivity contribution in [2.24, 2.45) is 0 Å². The predicted octanol–water partition coefficient (Wildman–Crippen LogP) is 4.34. The molecule has 0 fully saturated rings. The van der Waals surface area contributed by atoms with Crippen LogP contribution >= 0.6 is 0 Å². The van der Waals surface area contributed by atoms with Crippen LogP contribution in [0.2, 0.25) is 0 Å². The molecule has 0 radical (unpaired) electrons. The zero-order valence-corrected chi connectivity index (χ0v) is 13.7. The number of hydrogen-bond acceptors (Lipinski definition) is 4. The molecule has 0 saturated carbocycles. The molecule has 4 heteroatoms. The normalized spacial score (nSPS) is 10.2. The fourth-order valence-corrected chi connectivity index (χ4v) is 2.39. The predicted molar refractivity (Wildman–Crippen MR) is 93.6 cm³/mol. The van der Waals surface area contributed by atoms with Gasteiger partial charge in [0, 0.05) is 17.8 Å².